The lowest BCUT2D eigenvalue weighted by molar-refractivity contribution is 0.487. The first-order valence-electron chi connectivity index (χ1n) is 5.12. The summed E-state index contributed by atoms with van der Waals surface area (Å²) in [6, 6.07) is 7.02. The summed E-state index contributed by atoms with van der Waals surface area (Å²) in [5.74, 6) is 0.298. The molecule has 0 spiro atoms. The summed E-state index contributed by atoms with van der Waals surface area (Å²) in [6.07, 6.45) is 2.23. The smallest absolute Gasteiger partial charge is 0.369 e. The van der Waals surface area contributed by atoms with Gasteiger partial charge in [-0.3, -0.25) is 0 Å². The highest BCUT2D eigenvalue weighted by molar-refractivity contribution is 7.84. The maximum absolute atomic E-state index is 10.9. The van der Waals surface area contributed by atoms with Crippen molar-refractivity contribution >= 4 is 16.0 Å². The Bertz CT molecular complexity index is 467. The standard InChI is InChI=1S/C10H14N2O3S/c11-16(13,14)15-10-6-2-1-5-9(10)12-7-3-4-8-12/h1-2,5-6H,3-4,7-8H2,(H2,11,13,14). The second-order valence-corrected chi connectivity index (χ2v) is 4.89. The average molecular weight is 242 g/mol. The minimum atomic E-state index is -3.96. The number of hydrogen-bond acceptors (Lipinski definition) is 4. The van der Waals surface area contributed by atoms with Crippen LogP contribution in [0, 0.1) is 0 Å². The lowest BCUT2D eigenvalue weighted by atomic mass is 10.3. The molecule has 0 amide bonds. The van der Waals surface area contributed by atoms with Gasteiger partial charge in [0, 0.05) is 13.1 Å². The third kappa shape index (κ3) is 2.65. The van der Waals surface area contributed by atoms with Crippen molar-refractivity contribution in [2.24, 2.45) is 5.14 Å². The van der Waals surface area contributed by atoms with Crippen molar-refractivity contribution in [3.05, 3.63) is 24.3 Å². The molecule has 5 nitrogen and oxygen atoms in total. The van der Waals surface area contributed by atoms with E-state index in [0.717, 1.165) is 31.6 Å². The fourth-order valence-corrected chi connectivity index (χ4v) is 2.26. The van der Waals surface area contributed by atoms with Gasteiger partial charge in [-0.25, -0.2) is 0 Å². The van der Waals surface area contributed by atoms with Gasteiger partial charge in [0.25, 0.3) is 0 Å². The van der Waals surface area contributed by atoms with Gasteiger partial charge in [0.1, 0.15) is 0 Å². The molecule has 0 atom stereocenters. The highest BCUT2D eigenvalue weighted by Crippen LogP contribution is 2.30. The van der Waals surface area contributed by atoms with E-state index in [1.807, 2.05) is 12.1 Å². The molecule has 1 heterocycles. The number of hydrogen-bond donors (Lipinski definition) is 1. The molecule has 1 aromatic carbocycles. The molecule has 16 heavy (non-hydrogen) atoms. The first-order chi connectivity index (χ1) is 7.56. The van der Waals surface area contributed by atoms with Gasteiger partial charge in [0.15, 0.2) is 5.75 Å². The first-order valence-corrected chi connectivity index (χ1v) is 6.59. The molecular formula is C10H14N2O3S. The zero-order chi connectivity index (χ0) is 11.6. The summed E-state index contributed by atoms with van der Waals surface area (Å²) in [4.78, 5) is 2.10. The lowest BCUT2D eigenvalue weighted by Crippen LogP contribution is -2.22. The predicted molar refractivity (Wildman–Crippen MR) is 61.6 cm³/mol. The first kappa shape index (κ1) is 11.2. The van der Waals surface area contributed by atoms with E-state index >= 15 is 0 Å². The van der Waals surface area contributed by atoms with Crippen LogP contribution in [0.4, 0.5) is 5.69 Å². The van der Waals surface area contributed by atoms with Crippen molar-refractivity contribution in [2.75, 3.05) is 18.0 Å². The minimum Gasteiger partial charge on any atom is -0.369 e. The number of para-hydroxylation sites is 2. The Morgan fingerprint density at radius 3 is 2.44 bits per heavy atom. The second-order valence-electron chi connectivity index (χ2n) is 3.74. The van der Waals surface area contributed by atoms with Crippen LogP contribution in [0.5, 0.6) is 5.75 Å². The van der Waals surface area contributed by atoms with E-state index < -0.39 is 10.3 Å². The third-order valence-electron chi connectivity index (χ3n) is 2.52. The Balaban J connectivity index is 2.30. The van der Waals surface area contributed by atoms with Crippen LogP contribution < -0.4 is 14.2 Å². The topological polar surface area (TPSA) is 72.6 Å². The van der Waals surface area contributed by atoms with Crippen molar-refractivity contribution in [3.8, 4) is 5.75 Å². The summed E-state index contributed by atoms with van der Waals surface area (Å²) in [7, 11) is -3.96. The van der Waals surface area contributed by atoms with Crippen LogP contribution in [0.25, 0.3) is 0 Å². The number of rotatable bonds is 3. The summed E-state index contributed by atoms with van der Waals surface area (Å²) in [5.41, 5.74) is 0.786. The monoisotopic (exact) mass is 242 g/mol. The Kier molecular flexibility index (Phi) is 3.02. The lowest BCUT2D eigenvalue weighted by Gasteiger charge is -2.20. The molecule has 1 fully saturated rings. The summed E-state index contributed by atoms with van der Waals surface area (Å²) >= 11 is 0. The maximum atomic E-state index is 10.9. The van der Waals surface area contributed by atoms with Crippen molar-refractivity contribution in [3.63, 3.8) is 0 Å². The molecule has 1 saturated heterocycles. The predicted octanol–water partition coefficient (Wildman–Crippen LogP) is 0.869. The minimum absolute atomic E-state index is 0.298. The molecule has 2 N–H and O–H groups in total. The summed E-state index contributed by atoms with van der Waals surface area (Å²) in [5, 5.41) is 4.87. The largest absolute Gasteiger partial charge is 0.380 e. The molecule has 0 aromatic heterocycles. The molecule has 0 unspecified atom stereocenters. The van der Waals surface area contributed by atoms with Gasteiger partial charge in [-0.15, -0.1) is 0 Å². The SMILES string of the molecule is NS(=O)(=O)Oc1ccccc1N1CCCC1. The Hall–Kier alpha value is -1.27. The number of benzene rings is 1. The summed E-state index contributed by atoms with van der Waals surface area (Å²) < 4.78 is 26.6. The number of nitrogens with two attached hydrogens (primary N) is 1. The van der Waals surface area contributed by atoms with E-state index in [1.165, 1.54) is 0 Å². The van der Waals surface area contributed by atoms with E-state index in [0.29, 0.717) is 5.75 Å². The number of nitrogens with zero attached hydrogens (tertiary/aromatic N) is 1. The van der Waals surface area contributed by atoms with Gasteiger partial charge < -0.3 is 9.08 Å². The van der Waals surface area contributed by atoms with Crippen LogP contribution in [0.3, 0.4) is 0 Å². The zero-order valence-electron chi connectivity index (χ0n) is 8.80. The summed E-state index contributed by atoms with van der Waals surface area (Å²) in [6.45, 7) is 1.84. The van der Waals surface area contributed by atoms with Crippen LogP contribution in [-0.4, -0.2) is 21.5 Å². The Labute approximate surface area is 95.1 Å². The zero-order valence-corrected chi connectivity index (χ0v) is 9.61. The second kappa shape index (κ2) is 4.31. The average Bonchev–Trinajstić information content (AvgIpc) is 2.69. The van der Waals surface area contributed by atoms with E-state index in [1.54, 1.807) is 12.1 Å². The van der Waals surface area contributed by atoms with Gasteiger partial charge in [0.2, 0.25) is 0 Å². The van der Waals surface area contributed by atoms with Crippen molar-refractivity contribution < 1.29 is 12.6 Å². The molecule has 6 heteroatoms. The van der Waals surface area contributed by atoms with Gasteiger partial charge in [0.05, 0.1) is 5.69 Å². The van der Waals surface area contributed by atoms with E-state index in [9.17, 15) is 8.42 Å². The van der Waals surface area contributed by atoms with Crippen molar-refractivity contribution in [2.45, 2.75) is 12.8 Å². The van der Waals surface area contributed by atoms with E-state index in [2.05, 4.69) is 4.90 Å². The molecule has 88 valence electrons. The molecular weight excluding hydrogens is 228 g/mol. The molecule has 1 aliphatic rings. The fraction of sp³-hybridized carbons (Fsp3) is 0.400. The quantitative estimate of drug-likeness (QED) is 0.853. The molecule has 0 radical (unpaired) electrons. The highest BCUT2D eigenvalue weighted by atomic mass is 32.2. The maximum Gasteiger partial charge on any atom is 0.380 e. The normalized spacial score (nSPS) is 16.4. The van der Waals surface area contributed by atoms with Gasteiger partial charge in [-0.05, 0) is 25.0 Å². The molecule has 0 bridgehead atoms. The molecule has 2 rings (SSSR count). The Morgan fingerprint density at radius 2 is 1.81 bits per heavy atom. The third-order valence-corrected chi connectivity index (χ3v) is 2.93. The molecule has 0 saturated carbocycles. The van der Waals surface area contributed by atoms with Crippen molar-refractivity contribution in [1.82, 2.24) is 0 Å². The molecule has 0 aliphatic carbocycles. The Morgan fingerprint density at radius 1 is 1.19 bits per heavy atom. The van der Waals surface area contributed by atoms with Crippen LogP contribution >= 0.6 is 0 Å². The van der Waals surface area contributed by atoms with Gasteiger partial charge in [-0.1, -0.05) is 12.1 Å². The molecule has 1 aromatic rings. The highest BCUT2D eigenvalue weighted by Gasteiger charge is 2.18. The number of anilines is 1. The van der Waals surface area contributed by atoms with Crippen LogP contribution in [0.15, 0.2) is 24.3 Å². The van der Waals surface area contributed by atoms with Crippen molar-refractivity contribution in [1.29, 1.82) is 0 Å². The van der Waals surface area contributed by atoms with Crippen LogP contribution in [0.1, 0.15) is 12.8 Å². The molecule has 1 aliphatic heterocycles. The van der Waals surface area contributed by atoms with Crippen LogP contribution in [0.2, 0.25) is 0 Å². The van der Waals surface area contributed by atoms with Gasteiger partial charge >= 0.3 is 10.3 Å². The van der Waals surface area contributed by atoms with Crippen LogP contribution in [-0.2, 0) is 10.3 Å². The van der Waals surface area contributed by atoms with Gasteiger partial charge in [-0.2, -0.15) is 13.6 Å². The van der Waals surface area contributed by atoms with E-state index in [-0.39, 0.29) is 0 Å². The fourth-order valence-electron chi connectivity index (χ4n) is 1.87. The van der Waals surface area contributed by atoms with E-state index in [4.69, 9.17) is 9.32 Å².